The second kappa shape index (κ2) is 10.2. The van der Waals surface area contributed by atoms with E-state index in [9.17, 15) is 9.59 Å². The lowest BCUT2D eigenvalue weighted by molar-refractivity contribution is -0.142. The van der Waals surface area contributed by atoms with Crippen LogP contribution in [-0.2, 0) is 14.3 Å². The number of benzene rings is 1. The Morgan fingerprint density at radius 1 is 1.18 bits per heavy atom. The summed E-state index contributed by atoms with van der Waals surface area (Å²) < 4.78 is 5.48. The third kappa shape index (κ3) is 5.25. The molecule has 0 aromatic heterocycles. The summed E-state index contributed by atoms with van der Waals surface area (Å²) in [5, 5.41) is 3.82. The molecule has 0 radical (unpaired) electrons. The summed E-state index contributed by atoms with van der Waals surface area (Å²) in [5.41, 5.74) is 1.12. The molecule has 154 valence electrons. The average molecular weight is 408 g/mol. The van der Waals surface area contributed by atoms with E-state index >= 15 is 0 Å². The molecule has 2 fully saturated rings. The van der Waals surface area contributed by atoms with E-state index in [1.54, 1.807) is 4.90 Å². The summed E-state index contributed by atoms with van der Waals surface area (Å²) in [4.78, 5) is 29.3. The van der Waals surface area contributed by atoms with Crippen LogP contribution in [0.5, 0.6) is 0 Å². The molecular formula is C21H30ClN3O3. The Kier molecular flexibility index (Phi) is 7.71. The fraction of sp³-hybridized carbons (Fsp3) is 0.619. The van der Waals surface area contributed by atoms with E-state index in [1.165, 1.54) is 0 Å². The summed E-state index contributed by atoms with van der Waals surface area (Å²) in [7, 11) is 0. The number of morpholine rings is 1. The van der Waals surface area contributed by atoms with E-state index in [4.69, 9.17) is 16.3 Å². The van der Waals surface area contributed by atoms with E-state index in [0.717, 1.165) is 37.9 Å². The average Bonchev–Trinajstić information content (AvgIpc) is 2.75. The highest BCUT2D eigenvalue weighted by molar-refractivity contribution is 6.30. The molecule has 1 aromatic rings. The molecule has 0 aliphatic carbocycles. The maximum atomic E-state index is 12.9. The standard InChI is InChI=1S/C21H30ClN3O3/c1-2-20(26)25-10-4-3-5-18(25)21(27)23-15-19(24-11-13-28-14-12-24)16-6-8-17(22)9-7-16/h6-9,18-19H,2-5,10-15H2,1H3,(H,23,27). The van der Waals surface area contributed by atoms with E-state index in [2.05, 4.69) is 10.2 Å². The van der Waals surface area contributed by atoms with Crippen molar-refractivity contribution in [2.45, 2.75) is 44.7 Å². The van der Waals surface area contributed by atoms with Crippen LogP contribution in [0.4, 0.5) is 0 Å². The lowest BCUT2D eigenvalue weighted by atomic mass is 10.00. The molecule has 6 nitrogen and oxygen atoms in total. The van der Waals surface area contributed by atoms with Gasteiger partial charge < -0.3 is 15.0 Å². The summed E-state index contributed by atoms with van der Waals surface area (Å²) >= 11 is 6.05. The number of carbonyl (C=O) groups excluding carboxylic acids is 2. The molecule has 2 heterocycles. The Hall–Kier alpha value is -1.63. The van der Waals surface area contributed by atoms with Crippen LogP contribution in [0.1, 0.15) is 44.2 Å². The van der Waals surface area contributed by atoms with Crippen LogP contribution in [0.25, 0.3) is 0 Å². The van der Waals surface area contributed by atoms with Crippen molar-refractivity contribution in [2.75, 3.05) is 39.4 Å². The van der Waals surface area contributed by atoms with Crippen LogP contribution < -0.4 is 5.32 Å². The van der Waals surface area contributed by atoms with Gasteiger partial charge in [0.05, 0.1) is 19.3 Å². The first-order valence-electron chi connectivity index (χ1n) is 10.2. The maximum absolute atomic E-state index is 12.9. The normalized spacial score (nSPS) is 21.9. The van der Waals surface area contributed by atoms with Gasteiger partial charge in [-0.05, 0) is 37.0 Å². The van der Waals surface area contributed by atoms with Gasteiger partial charge in [-0.3, -0.25) is 14.5 Å². The Morgan fingerprint density at radius 3 is 2.57 bits per heavy atom. The Labute approximate surface area is 172 Å². The number of rotatable bonds is 6. The third-order valence-electron chi connectivity index (χ3n) is 5.64. The number of amides is 2. The Bertz CT molecular complexity index is 661. The number of likely N-dealkylation sites (tertiary alicyclic amines) is 1. The largest absolute Gasteiger partial charge is 0.379 e. The molecule has 1 N–H and O–H groups in total. The third-order valence-corrected chi connectivity index (χ3v) is 5.89. The van der Waals surface area contributed by atoms with Gasteiger partial charge in [-0.2, -0.15) is 0 Å². The predicted octanol–water partition coefficient (Wildman–Crippen LogP) is 2.62. The number of hydrogen-bond acceptors (Lipinski definition) is 4. The van der Waals surface area contributed by atoms with E-state index < -0.39 is 0 Å². The molecule has 2 aliphatic heterocycles. The number of carbonyl (C=O) groups is 2. The van der Waals surface area contributed by atoms with Gasteiger partial charge in [0.2, 0.25) is 11.8 Å². The number of piperidine rings is 1. The monoisotopic (exact) mass is 407 g/mol. The highest BCUT2D eigenvalue weighted by Gasteiger charge is 2.32. The molecule has 0 saturated carbocycles. The second-order valence-corrected chi connectivity index (χ2v) is 7.85. The van der Waals surface area contributed by atoms with Crippen LogP contribution in [0.15, 0.2) is 24.3 Å². The lowest BCUT2D eigenvalue weighted by Crippen LogP contribution is -2.53. The topological polar surface area (TPSA) is 61.9 Å². The minimum Gasteiger partial charge on any atom is -0.379 e. The molecule has 2 aliphatic rings. The number of ether oxygens (including phenoxy) is 1. The quantitative estimate of drug-likeness (QED) is 0.787. The van der Waals surface area contributed by atoms with Crippen molar-refractivity contribution >= 4 is 23.4 Å². The van der Waals surface area contributed by atoms with Crippen LogP contribution in [-0.4, -0.2) is 67.0 Å². The molecule has 2 amide bonds. The Balaban J connectivity index is 1.68. The van der Waals surface area contributed by atoms with Gasteiger partial charge in [-0.25, -0.2) is 0 Å². The number of halogens is 1. The SMILES string of the molecule is CCC(=O)N1CCCCC1C(=O)NCC(c1ccc(Cl)cc1)N1CCOCC1. The molecule has 0 spiro atoms. The van der Waals surface area contributed by atoms with E-state index in [1.807, 2.05) is 31.2 Å². The second-order valence-electron chi connectivity index (χ2n) is 7.41. The van der Waals surface area contributed by atoms with Crippen molar-refractivity contribution in [1.82, 2.24) is 15.1 Å². The summed E-state index contributed by atoms with van der Waals surface area (Å²) in [5.74, 6) is 0.0102. The molecule has 2 saturated heterocycles. The molecule has 2 unspecified atom stereocenters. The van der Waals surface area contributed by atoms with Crippen molar-refractivity contribution in [1.29, 1.82) is 0 Å². The first-order chi connectivity index (χ1) is 13.6. The minimum atomic E-state index is -0.350. The van der Waals surface area contributed by atoms with Crippen LogP contribution in [0.2, 0.25) is 5.02 Å². The maximum Gasteiger partial charge on any atom is 0.242 e. The lowest BCUT2D eigenvalue weighted by Gasteiger charge is -2.37. The highest BCUT2D eigenvalue weighted by Crippen LogP contribution is 2.24. The van der Waals surface area contributed by atoms with Gasteiger partial charge >= 0.3 is 0 Å². The van der Waals surface area contributed by atoms with Crippen LogP contribution in [0.3, 0.4) is 0 Å². The van der Waals surface area contributed by atoms with Gasteiger partial charge in [-0.15, -0.1) is 0 Å². The van der Waals surface area contributed by atoms with Crippen molar-refractivity contribution in [3.63, 3.8) is 0 Å². The fourth-order valence-electron chi connectivity index (χ4n) is 4.05. The van der Waals surface area contributed by atoms with Gasteiger partial charge in [0, 0.05) is 37.6 Å². The van der Waals surface area contributed by atoms with Crippen molar-refractivity contribution in [2.24, 2.45) is 0 Å². The van der Waals surface area contributed by atoms with Crippen molar-refractivity contribution in [3.05, 3.63) is 34.9 Å². The summed E-state index contributed by atoms with van der Waals surface area (Å²) in [6.07, 6.45) is 3.12. The summed E-state index contributed by atoms with van der Waals surface area (Å²) in [6, 6.07) is 7.51. The number of nitrogens with one attached hydrogen (secondary N) is 1. The van der Waals surface area contributed by atoms with E-state index in [-0.39, 0.29) is 23.9 Å². The molecule has 1 aromatic carbocycles. The molecular weight excluding hydrogens is 378 g/mol. The fourth-order valence-corrected chi connectivity index (χ4v) is 4.18. The van der Waals surface area contributed by atoms with Crippen LogP contribution >= 0.6 is 11.6 Å². The zero-order valence-electron chi connectivity index (χ0n) is 16.5. The van der Waals surface area contributed by atoms with Crippen LogP contribution in [0, 0.1) is 0 Å². The van der Waals surface area contributed by atoms with Gasteiger partial charge in [0.1, 0.15) is 6.04 Å². The molecule has 2 atom stereocenters. The smallest absolute Gasteiger partial charge is 0.242 e. The van der Waals surface area contributed by atoms with Crippen molar-refractivity contribution in [3.8, 4) is 0 Å². The Morgan fingerprint density at radius 2 is 1.89 bits per heavy atom. The molecule has 7 heteroatoms. The van der Waals surface area contributed by atoms with Gasteiger partial charge in [0.15, 0.2) is 0 Å². The first kappa shape index (κ1) is 21.1. The zero-order chi connectivity index (χ0) is 19.9. The predicted molar refractivity (Wildman–Crippen MR) is 109 cm³/mol. The van der Waals surface area contributed by atoms with Gasteiger partial charge in [-0.1, -0.05) is 30.7 Å². The minimum absolute atomic E-state index is 0.0475. The van der Waals surface area contributed by atoms with Crippen molar-refractivity contribution < 1.29 is 14.3 Å². The summed E-state index contributed by atoms with van der Waals surface area (Å²) in [6.45, 7) is 6.07. The zero-order valence-corrected chi connectivity index (χ0v) is 17.3. The van der Waals surface area contributed by atoms with E-state index in [0.29, 0.717) is 37.7 Å². The molecule has 0 bridgehead atoms. The first-order valence-corrected chi connectivity index (χ1v) is 10.6. The highest BCUT2D eigenvalue weighted by atomic mass is 35.5. The molecule has 3 rings (SSSR count). The van der Waals surface area contributed by atoms with Gasteiger partial charge in [0.25, 0.3) is 0 Å². The number of nitrogens with zero attached hydrogens (tertiary/aromatic N) is 2. The molecule has 28 heavy (non-hydrogen) atoms. The number of hydrogen-bond donors (Lipinski definition) is 1.